The van der Waals surface area contributed by atoms with Gasteiger partial charge in [0.15, 0.2) is 0 Å². The van der Waals surface area contributed by atoms with Gasteiger partial charge in [-0.15, -0.1) is 0 Å². The van der Waals surface area contributed by atoms with Gasteiger partial charge in [-0.3, -0.25) is 0 Å². The summed E-state index contributed by atoms with van der Waals surface area (Å²) in [6.07, 6.45) is -2.87. The van der Waals surface area contributed by atoms with Crippen molar-refractivity contribution in [2.24, 2.45) is 0 Å². The van der Waals surface area contributed by atoms with Gasteiger partial charge < -0.3 is 10.1 Å². The minimum absolute atomic E-state index is 0.421. The summed E-state index contributed by atoms with van der Waals surface area (Å²) in [6.45, 7) is 1.24. The maximum Gasteiger partial charge on any atom is 0.319 e. The Bertz CT molecular complexity index is 450. The number of fused-ring (bicyclic) bond motifs is 1. The predicted octanol–water partition coefficient (Wildman–Crippen LogP) is 3.17. The lowest BCUT2D eigenvalue weighted by molar-refractivity contribution is -0.126. The van der Waals surface area contributed by atoms with Crippen LogP contribution in [-0.4, -0.2) is 25.5 Å². The Hall–Kier alpha value is -1.30. The van der Waals surface area contributed by atoms with Crippen molar-refractivity contribution in [2.75, 3.05) is 13.2 Å². The molecule has 19 heavy (non-hydrogen) atoms. The molecule has 0 amide bonds. The summed E-state index contributed by atoms with van der Waals surface area (Å²) in [5, 5.41) is 2.44. The quantitative estimate of drug-likeness (QED) is 0.835. The highest BCUT2D eigenvalue weighted by molar-refractivity contribution is 5.40. The zero-order chi connectivity index (χ0) is 14.0. The van der Waals surface area contributed by atoms with Crippen LogP contribution >= 0.6 is 0 Å². The molecule has 1 aromatic carbocycles. The fourth-order valence-corrected chi connectivity index (χ4v) is 1.96. The Morgan fingerprint density at radius 2 is 2.11 bits per heavy atom. The first-order valence-electron chi connectivity index (χ1n) is 6.05. The largest absolute Gasteiger partial charge is 0.493 e. The fourth-order valence-electron chi connectivity index (χ4n) is 1.96. The van der Waals surface area contributed by atoms with E-state index in [1.165, 1.54) is 0 Å². The molecule has 1 aliphatic rings. The van der Waals surface area contributed by atoms with Gasteiger partial charge in [-0.2, -0.15) is 8.78 Å². The molecule has 1 aromatic rings. The van der Waals surface area contributed by atoms with E-state index in [0.717, 1.165) is 23.3 Å². The van der Waals surface area contributed by atoms with Gasteiger partial charge in [-0.1, -0.05) is 12.1 Å². The molecule has 0 saturated carbocycles. The maximum absolute atomic E-state index is 12.8. The molecular weight excluding hydrogens is 262 g/mol. The van der Waals surface area contributed by atoms with Crippen LogP contribution in [-0.2, 0) is 6.42 Å². The third-order valence-corrected chi connectivity index (χ3v) is 3.18. The molecule has 2 rings (SSSR count). The van der Waals surface area contributed by atoms with E-state index in [4.69, 9.17) is 4.74 Å². The molecule has 1 N–H and O–H groups in total. The summed E-state index contributed by atoms with van der Waals surface area (Å²) in [5.41, 5.74) is 1.81. The van der Waals surface area contributed by atoms with Crippen molar-refractivity contribution in [2.45, 2.75) is 31.7 Å². The average molecular weight is 277 g/mol. The van der Waals surface area contributed by atoms with Gasteiger partial charge in [0.2, 0.25) is 0 Å². The molecule has 0 spiro atoms. The van der Waals surface area contributed by atoms with Gasteiger partial charge >= 0.3 is 12.3 Å². The molecule has 0 aromatic heterocycles. The number of benzene rings is 1. The van der Waals surface area contributed by atoms with E-state index in [1.807, 2.05) is 6.07 Å². The molecular formula is C13H15F4NO. The van der Waals surface area contributed by atoms with Crippen molar-refractivity contribution in [3.05, 3.63) is 29.3 Å². The summed E-state index contributed by atoms with van der Waals surface area (Å²) in [4.78, 5) is 0. The molecule has 0 aliphatic carbocycles. The number of nitrogens with one attached hydrogen (secondary N) is 1. The maximum atomic E-state index is 12.8. The van der Waals surface area contributed by atoms with Gasteiger partial charge in [0.1, 0.15) is 5.75 Å². The Balaban J connectivity index is 1.99. The van der Waals surface area contributed by atoms with Crippen molar-refractivity contribution >= 4 is 0 Å². The molecule has 1 aliphatic heterocycles. The minimum Gasteiger partial charge on any atom is -0.493 e. The van der Waals surface area contributed by atoms with Crippen LogP contribution in [0.1, 0.15) is 24.1 Å². The highest BCUT2D eigenvalue weighted by atomic mass is 19.3. The van der Waals surface area contributed by atoms with Crippen LogP contribution in [0, 0.1) is 0 Å². The lowest BCUT2D eigenvalue weighted by atomic mass is 10.0. The molecule has 0 fully saturated rings. The van der Waals surface area contributed by atoms with Crippen LogP contribution in [0.5, 0.6) is 5.75 Å². The van der Waals surface area contributed by atoms with E-state index in [9.17, 15) is 17.6 Å². The lowest BCUT2D eigenvalue weighted by Gasteiger charge is -2.20. The number of halogens is 4. The molecule has 1 heterocycles. The third kappa shape index (κ3) is 3.18. The Morgan fingerprint density at radius 3 is 2.79 bits per heavy atom. The van der Waals surface area contributed by atoms with Crippen LogP contribution in [0.15, 0.2) is 18.2 Å². The van der Waals surface area contributed by atoms with E-state index in [0.29, 0.717) is 6.61 Å². The number of ether oxygens (including phenoxy) is 1. The van der Waals surface area contributed by atoms with Crippen molar-refractivity contribution in [1.29, 1.82) is 0 Å². The molecule has 106 valence electrons. The predicted molar refractivity (Wildman–Crippen MR) is 63.0 cm³/mol. The zero-order valence-corrected chi connectivity index (χ0v) is 10.4. The first kappa shape index (κ1) is 14.1. The van der Waals surface area contributed by atoms with Crippen molar-refractivity contribution in [1.82, 2.24) is 5.32 Å². The monoisotopic (exact) mass is 277 g/mol. The first-order valence-corrected chi connectivity index (χ1v) is 6.05. The molecule has 1 unspecified atom stereocenters. The highest BCUT2D eigenvalue weighted by Gasteiger charge is 2.40. The number of hydrogen-bond acceptors (Lipinski definition) is 2. The van der Waals surface area contributed by atoms with E-state index >= 15 is 0 Å². The van der Waals surface area contributed by atoms with E-state index < -0.39 is 24.9 Å². The van der Waals surface area contributed by atoms with Gasteiger partial charge in [0, 0.05) is 12.5 Å². The van der Waals surface area contributed by atoms with Gasteiger partial charge in [-0.25, -0.2) is 8.78 Å². The van der Waals surface area contributed by atoms with Gasteiger partial charge in [0.05, 0.1) is 13.2 Å². The van der Waals surface area contributed by atoms with Crippen LogP contribution in [0.25, 0.3) is 0 Å². The van der Waals surface area contributed by atoms with Crippen molar-refractivity contribution in [3.8, 4) is 5.75 Å². The second-order valence-corrected chi connectivity index (χ2v) is 4.63. The molecule has 2 nitrogen and oxygen atoms in total. The van der Waals surface area contributed by atoms with Gasteiger partial charge in [0.25, 0.3) is 0 Å². The van der Waals surface area contributed by atoms with Crippen molar-refractivity contribution < 1.29 is 22.3 Å². The fraction of sp³-hybridized carbons (Fsp3) is 0.538. The Morgan fingerprint density at radius 1 is 1.37 bits per heavy atom. The number of alkyl halides is 4. The average Bonchev–Trinajstić information content (AvgIpc) is 2.82. The summed E-state index contributed by atoms with van der Waals surface area (Å²) in [5.74, 6) is -3.21. The van der Waals surface area contributed by atoms with Crippen molar-refractivity contribution in [3.63, 3.8) is 0 Å². The third-order valence-electron chi connectivity index (χ3n) is 3.18. The number of hydrogen-bond donors (Lipinski definition) is 1. The summed E-state index contributed by atoms with van der Waals surface area (Å²) in [7, 11) is 0. The van der Waals surface area contributed by atoms with E-state index in [2.05, 4.69) is 5.32 Å². The van der Waals surface area contributed by atoms with Crippen LogP contribution in [0.3, 0.4) is 0 Å². The second kappa shape index (κ2) is 5.36. The first-order chi connectivity index (χ1) is 8.90. The highest BCUT2D eigenvalue weighted by Crippen LogP contribution is 2.29. The second-order valence-electron chi connectivity index (χ2n) is 4.63. The summed E-state index contributed by atoms with van der Waals surface area (Å²) < 4.78 is 55.0. The number of rotatable bonds is 5. The smallest absolute Gasteiger partial charge is 0.319 e. The van der Waals surface area contributed by atoms with Gasteiger partial charge in [-0.05, 0) is 24.1 Å². The zero-order valence-electron chi connectivity index (χ0n) is 10.4. The molecule has 6 heteroatoms. The topological polar surface area (TPSA) is 21.3 Å². The lowest BCUT2D eigenvalue weighted by Crippen LogP contribution is -2.39. The molecule has 0 radical (unpaired) electrons. The van der Waals surface area contributed by atoms with Crippen LogP contribution < -0.4 is 10.1 Å². The summed E-state index contributed by atoms with van der Waals surface area (Å²) in [6, 6.07) is 4.97. The molecule has 0 bridgehead atoms. The normalized spacial score (nSPS) is 16.3. The molecule has 1 atom stereocenters. The minimum atomic E-state index is -4.01. The Kier molecular flexibility index (Phi) is 3.99. The Labute approximate surface area is 108 Å². The SMILES string of the molecule is CC(NCC(F)(F)C(F)F)c1ccc2c(c1)CCO2. The summed E-state index contributed by atoms with van der Waals surface area (Å²) >= 11 is 0. The standard InChI is InChI=1S/C13H15F4NO/c1-8(18-7-13(16,17)12(14)15)9-2-3-11-10(6-9)4-5-19-11/h2-3,6,8,12,18H,4-5,7H2,1H3. The van der Waals surface area contributed by atoms with Crippen LogP contribution in [0.2, 0.25) is 0 Å². The molecule has 0 saturated heterocycles. The van der Waals surface area contributed by atoms with E-state index in [1.54, 1.807) is 19.1 Å². The van der Waals surface area contributed by atoms with Crippen LogP contribution in [0.4, 0.5) is 17.6 Å². The van der Waals surface area contributed by atoms with E-state index in [-0.39, 0.29) is 0 Å².